The first-order valence-corrected chi connectivity index (χ1v) is 10.3. The number of amides is 4. The number of halogens is 1. The molecule has 1 aliphatic rings. The SMILES string of the molecule is C[C@H](Oc1ccc(/C=C2\C(=O)NC(=O)N(c3ccc(Cl)cc3)C2=O)cc1)c1ccccc1. The van der Waals surface area contributed by atoms with Crippen molar-refractivity contribution in [3.63, 3.8) is 0 Å². The van der Waals surface area contributed by atoms with E-state index in [1.807, 2.05) is 37.3 Å². The molecule has 6 nitrogen and oxygen atoms in total. The minimum atomic E-state index is -0.807. The Hall–Kier alpha value is -3.90. The van der Waals surface area contributed by atoms with Crippen LogP contribution in [0.3, 0.4) is 0 Å². The molecular weight excluding hydrogens is 428 g/mol. The van der Waals surface area contributed by atoms with Crippen molar-refractivity contribution in [3.05, 3.63) is 101 Å². The van der Waals surface area contributed by atoms with Gasteiger partial charge in [-0.15, -0.1) is 0 Å². The smallest absolute Gasteiger partial charge is 0.335 e. The molecule has 1 heterocycles. The van der Waals surface area contributed by atoms with Crippen LogP contribution in [0.2, 0.25) is 5.02 Å². The lowest BCUT2D eigenvalue weighted by atomic mass is 10.1. The van der Waals surface area contributed by atoms with Crippen LogP contribution in [-0.2, 0) is 9.59 Å². The molecule has 32 heavy (non-hydrogen) atoms. The Kier molecular flexibility index (Phi) is 6.05. The summed E-state index contributed by atoms with van der Waals surface area (Å²) in [5, 5.41) is 2.67. The molecule has 0 unspecified atom stereocenters. The summed E-state index contributed by atoms with van der Waals surface area (Å²) in [5.74, 6) is -0.803. The van der Waals surface area contributed by atoms with Gasteiger partial charge in [-0.1, -0.05) is 54.1 Å². The molecule has 3 aromatic rings. The van der Waals surface area contributed by atoms with E-state index in [2.05, 4.69) is 5.32 Å². The minimum Gasteiger partial charge on any atom is -0.486 e. The highest BCUT2D eigenvalue weighted by molar-refractivity contribution is 6.39. The zero-order valence-electron chi connectivity index (χ0n) is 17.1. The largest absolute Gasteiger partial charge is 0.486 e. The van der Waals surface area contributed by atoms with Crippen molar-refractivity contribution < 1.29 is 19.1 Å². The number of nitrogens with one attached hydrogen (secondary N) is 1. The third kappa shape index (κ3) is 4.55. The zero-order valence-corrected chi connectivity index (χ0v) is 17.9. The number of anilines is 1. The van der Waals surface area contributed by atoms with Crippen molar-refractivity contribution in [2.45, 2.75) is 13.0 Å². The fourth-order valence-electron chi connectivity index (χ4n) is 3.29. The predicted molar refractivity (Wildman–Crippen MR) is 122 cm³/mol. The molecule has 3 aromatic carbocycles. The maximum atomic E-state index is 12.9. The molecule has 1 atom stereocenters. The highest BCUT2D eigenvalue weighted by Gasteiger charge is 2.36. The summed E-state index contributed by atoms with van der Waals surface area (Å²) in [6.45, 7) is 1.96. The third-order valence-electron chi connectivity index (χ3n) is 4.96. The zero-order chi connectivity index (χ0) is 22.7. The van der Waals surface area contributed by atoms with E-state index in [4.69, 9.17) is 16.3 Å². The van der Waals surface area contributed by atoms with Gasteiger partial charge >= 0.3 is 6.03 Å². The fraction of sp³-hybridized carbons (Fsp3) is 0.0800. The minimum absolute atomic E-state index is 0.134. The monoisotopic (exact) mass is 446 g/mol. The molecule has 0 spiro atoms. The molecule has 0 aliphatic carbocycles. The van der Waals surface area contributed by atoms with Crippen molar-refractivity contribution in [3.8, 4) is 5.75 Å². The van der Waals surface area contributed by atoms with Crippen molar-refractivity contribution >= 4 is 41.2 Å². The van der Waals surface area contributed by atoms with E-state index in [9.17, 15) is 14.4 Å². The van der Waals surface area contributed by atoms with E-state index in [1.54, 1.807) is 36.4 Å². The van der Waals surface area contributed by atoms with E-state index in [1.165, 1.54) is 18.2 Å². The number of urea groups is 1. The summed E-state index contributed by atoms with van der Waals surface area (Å²) < 4.78 is 5.96. The fourth-order valence-corrected chi connectivity index (χ4v) is 3.41. The third-order valence-corrected chi connectivity index (χ3v) is 5.21. The molecule has 0 radical (unpaired) electrons. The number of carbonyl (C=O) groups is 3. The number of hydrogen-bond donors (Lipinski definition) is 1. The predicted octanol–water partition coefficient (Wildman–Crippen LogP) is 5.15. The molecule has 160 valence electrons. The average molecular weight is 447 g/mol. The topological polar surface area (TPSA) is 75.7 Å². The van der Waals surface area contributed by atoms with Crippen LogP contribution in [0, 0.1) is 0 Å². The van der Waals surface area contributed by atoms with Gasteiger partial charge in [0.25, 0.3) is 11.8 Å². The van der Waals surface area contributed by atoms with Gasteiger partial charge in [0.2, 0.25) is 0 Å². The van der Waals surface area contributed by atoms with Crippen molar-refractivity contribution in [1.82, 2.24) is 5.32 Å². The van der Waals surface area contributed by atoms with Crippen molar-refractivity contribution in [1.29, 1.82) is 0 Å². The summed E-state index contributed by atoms with van der Waals surface area (Å²) in [7, 11) is 0. The van der Waals surface area contributed by atoms with Gasteiger partial charge in [-0.3, -0.25) is 14.9 Å². The van der Waals surface area contributed by atoms with Gasteiger partial charge in [0.05, 0.1) is 5.69 Å². The van der Waals surface area contributed by atoms with Crippen LogP contribution in [-0.4, -0.2) is 17.8 Å². The molecule has 0 aromatic heterocycles. The standard InChI is InChI=1S/C25H19ClN2O4/c1-16(18-5-3-2-4-6-18)32-21-13-7-17(8-14-21)15-22-23(29)27-25(31)28(24(22)30)20-11-9-19(26)10-12-20/h2-16H,1H3,(H,27,29,31)/b22-15+/t16-/m0/s1. The lowest BCUT2D eigenvalue weighted by Gasteiger charge is -2.26. The number of nitrogens with zero attached hydrogens (tertiary/aromatic N) is 1. The second-order valence-corrected chi connectivity index (χ2v) is 7.61. The van der Waals surface area contributed by atoms with Crippen LogP contribution in [0.15, 0.2) is 84.4 Å². The first-order valence-electron chi connectivity index (χ1n) is 9.91. The van der Waals surface area contributed by atoms with Crippen LogP contribution >= 0.6 is 11.6 Å². The highest BCUT2D eigenvalue weighted by atomic mass is 35.5. The molecule has 0 bridgehead atoms. The Balaban J connectivity index is 1.54. The van der Waals surface area contributed by atoms with Gasteiger partial charge in [-0.2, -0.15) is 0 Å². The summed E-state index contributed by atoms with van der Waals surface area (Å²) >= 11 is 5.88. The second kappa shape index (κ2) is 9.08. The van der Waals surface area contributed by atoms with Gasteiger partial charge in [-0.25, -0.2) is 9.69 Å². The number of hydrogen-bond acceptors (Lipinski definition) is 4. The van der Waals surface area contributed by atoms with Crippen LogP contribution in [0.4, 0.5) is 10.5 Å². The van der Waals surface area contributed by atoms with Crippen LogP contribution in [0.5, 0.6) is 5.75 Å². The van der Waals surface area contributed by atoms with E-state index in [0.717, 1.165) is 10.5 Å². The van der Waals surface area contributed by atoms with E-state index < -0.39 is 17.8 Å². The van der Waals surface area contributed by atoms with Gasteiger partial charge in [0.1, 0.15) is 17.4 Å². The number of carbonyl (C=O) groups excluding carboxylic acids is 3. The van der Waals surface area contributed by atoms with Gasteiger partial charge in [0, 0.05) is 5.02 Å². The van der Waals surface area contributed by atoms with Gasteiger partial charge in [-0.05, 0) is 60.5 Å². The number of rotatable bonds is 5. The van der Waals surface area contributed by atoms with E-state index in [0.29, 0.717) is 22.0 Å². The van der Waals surface area contributed by atoms with Gasteiger partial charge < -0.3 is 4.74 Å². The normalized spacial score (nSPS) is 16.1. The first kappa shape index (κ1) is 21.3. The molecule has 4 rings (SSSR count). The molecule has 1 aliphatic heterocycles. The number of barbiturate groups is 1. The summed E-state index contributed by atoms with van der Waals surface area (Å²) in [6.07, 6.45) is 1.31. The Labute approximate surface area is 190 Å². The summed E-state index contributed by atoms with van der Waals surface area (Å²) in [4.78, 5) is 38.4. The molecule has 0 saturated carbocycles. The Bertz CT molecular complexity index is 1190. The maximum Gasteiger partial charge on any atom is 0.335 e. The summed E-state index contributed by atoms with van der Waals surface area (Å²) in [5.41, 5.74) is 1.84. The number of benzene rings is 3. The molecule has 1 N–H and O–H groups in total. The molecule has 7 heteroatoms. The molecule has 1 saturated heterocycles. The van der Waals surface area contributed by atoms with Gasteiger partial charge in [0.15, 0.2) is 0 Å². The maximum absolute atomic E-state index is 12.9. The number of imide groups is 2. The second-order valence-electron chi connectivity index (χ2n) is 7.17. The lowest BCUT2D eigenvalue weighted by Crippen LogP contribution is -2.54. The van der Waals surface area contributed by atoms with Crippen molar-refractivity contribution in [2.24, 2.45) is 0 Å². The Morgan fingerprint density at radius 1 is 0.906 bits per heavy atom. The highest BCUT2D eigenvalue weighted by Crippen LogP contribution is 2.25. The molecule has 4 amide bonds. The quantitative estimate of drug-likeness (QED) is 0.434. The Morgan fingerprint density at radius 3 is 2.22 bits per heavy atom. The van der Waals surface area contributed by atoms with Crippen LogP contribution in [0.25, 0.3) is 6.08 Å². The molecule has 1 fully saturated rings. The average Bonchev–Trinajstić information content (AvgIpc) is 2.79. The van der Waals surface area contributed by atoms with Crippen LogP contribution in [0.1, 0.15) is 24.2 Å². The van der Waals surface area contributed by atoms with Crippen LogP contribution < -0.4 is 15.0 Å². The summed E-state index contributed by atoms with van der Waals surface area (Å²) in [6, 6.07) is 22.2. The Morgan fingerprint density at radius 2 is 1.56 bits per heavy atom. The van der Waals surface area contributed by atoms with E-state index in [-0.39, 0.29) is 11.7 Å². The number of ether oxygens (including phenoxy) is 1. The van der Waals surface area contributed by atoms with Crippen molar-refractivity contribution in [2.75, 3.05) is 4.90 Å². The lowest BCUT2D eigenvalue weighted by molar-refractivity contribution is -0.122. The first-order chi connectivity index (χ1) is 15.4. The van der Waals surface area contributed by atoms with E-state index >= 15 is 0 Å². The molecular formula is C25H19ClN2O4.